The lowest BCUT2D eigenvalue weighted by atomic mass is 10.2. The van der Waals surface area contributed by atoms with Gasteiger partial charge < -0.3 is 9.52 Å². The number of hydrogen-bond donors (Lipinski definition) is 2. The average Bonchev–Trinajstić information content (AvgIpc) is 2.68. The number of carboxylic acid groups (broad SMARTS) is 1. The van der Waals surface area contributed by atoms with Crippen molar-refractivity contribution in [2.24, 2.45) is 0 Å². The Bertz CT molecular complexity index is 471. The molecule has 1 heterocycles. The third-order valence-electron chi connectivity index (χ3n) is 2.43. The van der Waals surface area contributed by atoms with Gasteiger partial charge in [0.2, 0.25) is 0 Å². The molecule has 4 heteroatoms. The average molecular weight is 219 g/mol. The predicted octanol–water partition coefficient (Wildman–Crippen LogP) is 2.00. The summed E-state index contributed by atoms with van der Waals surface area (Å²) in [5.74, 6) is -0.120. The highest BCUT2D eigenvalue weighted by molar-refractivity contribution is 5.77. The van der Waals surface area contributed by atoms with Crippen molar-refractivity contribution in [3.63, 3.8) is 0 Å². The van der Waals surface area contributed by atoms with Crippen LogP contribution in [0.25, 0.3) is 11.0 Å². The minimum absolute atomic E-state index is 0.419. The zero-order chi connectivity index (χ0) is 11.5. The summed E-state index contributed by atoms with van der Waals surface area (Å²) in [6.07, 6.45) is 0. The second-order valence-electron chi connectivity index (χ2n) is 3.69. The molecule has 0 aliphatic heterocycles. The van der Waals surface area contributed by atoms with E-state index >= 15 is 0 Å². The van der Waals surface area contributed by atoms with Crippen molar-refractivity contribution in [2.45, 2.75) is 19.5 Å². The van der Waals surface area contributed by atoms with E-state index in [-0.39, 0.29) is 0 Å². The molecule has 0 saturated carbocycles. The first-order valence-electron chi connectivity index (χ1n) is 5.10. The molecule has 2 N–H and O–H groups in total. The number of furan rings is 1. The lowest BCUT2D eigenvalue weighted by Gasteiger charge is -2.06. The monoisotopic (exact) mass is 219 g/mol. The van der Waals surface area contributed by atoms with Crippen LogP contribution < -0.4 is 5.32 Å². The quantitative estimate of drug-likeness (QED) is 0.825. The molecule has 0 saturated heterocycles. The minimum atomic E-state index is -0.865. The fourth-order valence-electron chi connectivity index (χ4n) is 1.46. The van der Waals surface area contributed by atoms with E-state index in [0.29, 0.717) is 6.54 Å². The smallest absolute Gasteiger partial charge is 0.320 e. The molecule has 0 spiro atoms. The van der Waals surface area contributed by atoms with Crippen LogP contribution >= 0.6 is 0 Å². The van der Waals surface area contributed by atoms with Crippen LogP contribution in [0.5, 0.6) is 0 Å². The Morgan fingerprint density at radius 3 is 2.94 bits per heavy atom. The third kappa shape index (κ3) is 2.23. The summed E-state index contributed by atoms with van der Waals surface area (Å²) < 4.78 is 5.54. The van der Waals surface area contributed by atoms with Gasteiger partial charge in [-0.3, -0.25) is 10.1 Å². The Morgan fingerprint density at radius 1 is 1.50 bits per heavy atom. The van der Waals surface area contributed by atoms with Crippen molar-refractivity contribution in [1.29, 1.82) is 0 Å². The number of carbonyl (C=O) groups is 1. The molecule has 1 aromatic heterocycles. The molecule has 2 rings (SSSR count). The van der Waals surface area contributed by atoms with Crippen molar-refractivity contribution in [3.8, 4) is 0 Å². The highest BCUT2D eigenvalue weighted by Crippen LogP contribution is 2.18. The largest absolute Gasteiger partial charge is 0.480 e. The highest BCUT2D eigenvalue weighted by Gasteiger charge is 2.10. The van der Waals surface area contributed by atoms with Gasteiger partial charge in [-0.15, -0.1) is 0 Å². The Labute approximate surface area is 92.9 Å². The molecular formula is C12H13NO3. The maximum absolute atomic E-state index is 10.6. The van der Waals surface area contributed by atoms with Crippen LogP contribution in [0.4, 0.5) is 0 Å². The molecule has 1 unspecified atom stereocenters. The van der Waals surface area contributed by atoms with Crippen LogP contribution in [0, 0.1) is 0 Å². The van der Waals surface area contributed by atoms with Crippen molar-refractivity contribution >= 4 is 16.9 Å². The fourth-order valence-corrected chi connectivity index (χ4v) is 1.46. The number of para-hydroxylation sites is 1. The molecule has 0 aliphatic carbocycles. The first-order chi connectivity index (χ1) is 7.66. The zero-order valence-electron chi connectivity index (χ0n) is 8.93. The Balaban J connectivity index is 2.07. The van der Waals surface area contributed by atoms with Gasteiger partial charge in [0.05, 0.1) is 6.54 Å². The van der Waals surface area contributed by atoms with Gasteiger partial charge in [-0.1, -0.05) is 18.2 Å². The summed E-state index contributed by atoms with van der Waals surface area (Å²) in [5.41, 5.74) is 0.822. The van der Waals surface area contributed by atoms with Crippen LogP contribution in [-0.2, 0) is 11.3 Å². The van der Waals surface area contributed by atoms with Gasteiger partial charge in [-0.05, 0) is 19.1 Å². The van der Waals surface area contributed by atoms with Gasteiger partial charge in [0.15, 0.2) is 0 Å². The van der Waals surface area contributed by atoms with Crippen LogP contribution in [0.15, 0.2) is 34.7 Å². The third-order valence-corrected chi connectivity index (χ3v) is 2.43. The zero-order valence-corrected chi connectivity index (χ0v) is 8.93. The van der Waals surface area contributed by atoms with Gasteiger partial charge in [0.25, 0.3) is 0 Å². The summed E-state index contributed by atoms with van der Waals surface area (Å²) >= 11 is 0. The summed E-state index contributed by atoms with van der Waals surface area (Å²) in [4.78, 5) is 10.6. The molecule has 0 radical (unpaired) electrons. The molecule has 2 aromatic rings. The lowest BCUT2D eigenvalue weighted by Crippen LogP contribution is -2.32. The first-order valence-corrected chi connectivity index (χ1v) is 5.10. The van der Waals surface area contributed by atoms with Gasteiger partial charge in [0, 0.05) is 5.39 Å². The lowest BCUT2D eigenvalue weighted by molar-refractivity contribution is -0.139. The number of carboxylic acids is 1. The number of benzene rings is 1. The summed E-state index contributed by atoms with van der Waals surface area (Å²) in [5, 5.41) is 12.6. The van der Waals surface area contributed by atoms with Crippen LogP contribution in [-0.4, -0.2) is 17.1 Å². The van der Waals surface area contributed by atoms with E-state index in [1.807, 2.05) is 30.3 Å². The maximum atomic E-state index is 10.6. The van der Waals surface area contributed by atoms with Crippen molar-refractivity contribution in [1.82, 2.24) is 5.32 Å². The van der Waals surface area contributed by atoms with E-state index in [0.717, 1.165) is 16.7 Å². The highest BCUT2D eigenvalue weighted by atomic mass is 16.4. The second kappa shape index (κ2) is 4.37. The van der Waals surface area contributed by atoms with E-state index in [9.17, 15) is 4.79 Å². The van der Waals surface area contributed by atoms with Crippen LogP contribution in [0.3, 0.4) is 0 Å². The van der Waals surface area contributed by atoms with E-state index < -0.39 is 12.0 Å². The van der Waals surface area contributed by atoms with Crippen LogP contribution in [0.2, 0.25) is 0 Å². The molecular weight excluding hydrogens is 206 g/mol. The SMILES string of the molecule is CC(NCc1cc2ccccc2o1)C(=O)O. The van der Waals surface area contributed by atoms with Gasteiger partial charge in [0.1, 0.15) is 17.4 Å². The van der Waals surface area contributed by atoms with E-state index in [4.69, 9.17) is 9.52 Å². The van der Waals surface area contributed by atoms with Crippen molar-refractivity contribution in [3.05, 3.63) is 36.1 Å². The second-order valence-corrected chi connectivity index (χ2v) is 3.69. The molecule has 1 atom stereocenters. The molecule has 1 aromatic carbocycles. The number of aliphatic carboxylic acids is 1. The number of rotatable bonds is 4. The molecule has 0 fully saturated rings. The van der Waals surface area contributed by atoms with E-state index in [1.54, 1.807) is 6.92 Å². The Kier molecular flexibility index (Phi) is 2.92. The number of hydrogen-bond acceptors (Lipinski definition) is 3. The van der Waals surface area contributed by atoms with Gasteiger partial charge >= 0.3 is 5.97 Å². The molecule has 0 bridgehead atoms. The topological polar surface area (TPSA) is 62.5 Å². The number of fused-ring (bicyclic) bond motifs is 1. The van der Waals surface area contributed by atoms with Crippen molar-refractivity contribution < 1.29 is 14.3 Å². The molecule has 0 aliphatic rings. The fraction of sp³-hybridized carbons (Fsp3) is 0.250. The Hall–Kier alpha value is -1.81. The molecule has 4 nitrogen and oxygen atoms in total. The van der Waals surface area contributed by atoms with Crippen LogP contribution in [0.1, 0.15) is 12.7 Å². The maximum Gasteiger partial charge on any atom is 0.320 e. The summed E-state index contributed by atoms with van der Waals surface area (Å²) in [6.45, 7) is 2.02. The summed E-state index contributed by atoms with van der Waals surface area (Å²) in [7, 11) is 0. The Morgan fingerprint density at radius 2 is 2.25 bits per heavy atom. The summed E-state index contributed by atoms with van der Waals surface area (Å²) in [6, 6.07) is 9.03. The normalized spacial score (nSPS) is 12.8. The predicted molar refractivity (Wildman–Crippen MR) is 60.2 cm³/mol. The van der Waals surface area contributed by atoms with E-state index in [2.05, 4.69) is 5.32 Å². The van der Waals surface area contributed by atoms with E-state index in [1.165, 1.54) is 0 Å². The number of nitrogens with one attached hydrogen (secondary N) is 1. The van der Waals surface area contributed by atoms with Gasteiger partial charge in [-0.2, -0.15) is 0 Å². The first kappa shape index (κ1) is 10.7. The molecule has 16 heavy (non-hydrogen) atoms. The molecule has 84 valence electrons. The van der Waals surface area contributed by atoms with Crippen molar-refractivity contribution in [2.75, 3.05) is 0 Å². The van der Waals surface area contributed by atoms with Gasteiger partial charge in [-0.25, -0.2) is 0 Å². The molecule has 0 amide bonds. The standard InChI is InChI=1S/C12H13NO3/c1-8(12(14)15)13-7-10-6-9-4-2-3-5-11(9)16-10/h2-6,8,13H,7H2,1H3,(H,14,15). The minimum Gasteiger partial charge on any atom is -0.480 e.